The van der Waals surface area contributed by atoms with Gasteiger partial charge in [0.25, 0.3) is 0 Å². The van der Waals surface area contributed by atoms with Crippen molar-refractivity contribution >= 4 is 17.3 Å². The summed E-state index contributed by atoms with van der Waals surface area (Å²) in [6.45, 7) is -1.18. The van der Waals surface area contributed by atoms with Gasteiger partial charge in [-0.2, -0.15) is 17.6 Å². The molecular formula is C24H23F4N3O4. The standard InChI is InChI=1S/C24H23F4N3O4/c1-24(2,3)35-21(32)15-5-4-6-17(11-15)31(14-16-13-29-9-10-30-16)18-7-8-19(33-22(25)26)20(12-18)34-23(27)28/h4-13,22-23H,14H2,1-3H3. The van der Waals surface area contributed by atoms with Gasteiger partial charge in [0.05, 0.1) is 24.0 Å². The van der Waals surface area contributed by atoms with Crippen LogP contribution >= 0.6 is 0 Å². The van der Waals surface area contributed by atoms with Crippen LogP contribution in [0.25, 0.3) is 0 Å². The summed E-state index contributed by atoms with van der Waals surface area (Å²) in [5.74, 6) is -1.68. The highest BCUT2D eigenvalue weighted by molar-refractivity contribution is 5.91. The predicted octanol–water partition coefficient (Wildman–Crippen LogP) is 5.97. The van der Waals surface area contributed by atoms with Gasteiger partial charge in [-0.1, -0.05) is 6.07 Å². The molecule has 0 fully saturated rings. The van der Waals surface area contributed by atoms with Gasteiger partial charge >= 0.3 is 19.2 Å². The van der Waals surface area contributed by atoms with Crippen molar-refractivity contribution in [2.45, 2.75) is 46.1 Å². The van der Waals surface area contributed by atoms with Crippen LogP contribution in [0, 0.1) is 0 Å². The van der Waals surface area contributed by atoms with E-state index in [1.54, 1.807) is 49.9 Å². The number of anilines is 2. The molecular weight excluding hydrogens is 470 g/mol. The van der Waals surface area contributed by atoms with E-state index < -0.39 is 36.3 Å². The van der Waals surface area contributed by atoms with Crippen LogP contribution in [0.2, 0.25) is 0 Å². The largest absolute Gasteiger partial charge is 0.456 e. The van der Waals surface area contributed by atoms with Crippen molar-refractivity contribution in [3.63, 3.8) is 0 Å². The maximum Gasteiger partial charge on any atom is 0.387 e. The number of carbonyl (C=O) groups is 1. The van der Waals surface area contributed by atoms with E-state index >= 15 is 0 Å². The lowest BCUT2D eigenvalue weighted by Gasteiger charge is -2.26. The fourth-order valence-corrected chi connectivity index (χ4v) is 3.09. The van der Waals surface area contributed by atoms with E-state index in [1.165, 1.54) is 24.7 Å². The second-order valence-corrected chi connectivity index (χ2v) is 8.22. The highest BCUT2D eigenvalue weighted by atomic mass is 19.3. The maximum atomic E-state index is 13.0. The molecule has 0 N–H and O–H groups in total. The maximum absolute atomic E-state index is 13.0. The number of ether oxygens (including phenoxy) is 3. The monoisotopic (exact) mass is 493 g/mol. The quantitative estimate of drug-likeness (QED) is 0.268. The third-order valence-electron chi connectivity index (χ3n) is 4.40. The van der Waals surface area contributed by atoms with Crippen LogP contribution in [0.15, 0.2) is 61.1 Å². The summed E-state index contributed by atoms with van der Waals surface area (Å²) in [4.78, 5) is 22.5. The molecule has 7 nitrogen and oxygen atoms in total. The first-order valence-electron chi connectivity index (χ1n) is 10.4. The van der Waals surface area contributed by atoms with Crippen molar-refractivity contribution < 1.29 is 36.6 Å². The molecule has 3 aromatic rings. The first kappa shape index (κ1) is 25.7. The van der Waals surface area contributed by atoms with Crippen molar-refractivity contribution in [3.05, 3.63) is 72.3 Å². The fourth-order valence-electron chi connectivity index (χ4n) is 3.09. The number of benzene rings is 2. The smallest absolute Gasteiger partial charge is 0.387 e. The van der Waals surface area contributed by atoms with Gasteiger partial charge in [-0.15, -0.1) is 0 Å². The van der Waals surface area contributed by atoms with Gasteiger partial charge in [0, 0.05) is 29.8 Å². The molecule has 0 saturated carbocycles. The number of nitrogens with zero attached hydrogens (tertiary/aromatic N) is 3. The van der Waals surface area contributed by atoms with Crippen molar-refractivity contribution in [3.8, 4) is 11.5 Å². The van der Waals surface area contributed by atoms with Gasteiger partial charge in [0.15, 0.2) is 11.5 Å². The van der Waals surface area contributed by atoms with Crippen molar-refractivity contribution in [2.24, 2.45) is 0 Å². The second kappa shape index (κ2) is 11.0. The van der Waals surface area contributed by atoms with E-state index in [4.69, 9.17) is 4.74 Å². The fraction of sp³-hybridized carbons (Fsp3) is 0.292. The number of rotatable bonds is 9. The molecule has 1 aromatic heterocycles. The third-order valence-corrected chi connectivity index (χ3v) is 4.40. The minimum Gasteiger partial charge on any atom is -0.456 e. The molecule has 0 bridgehead atoms. The SMILES string of the molecule is CC(C)(C)OC(=O)c1cccc(N(Cc2cnccn2)c2ccc(OC(F)F)c(OC(F)F)c2)c1. The van der Waals surface area contributed by atoms with Crippen LogP contribution in [-0.2, 0) is 11.3 Å². The Bertz CT molecular complexity index is 1140. The molecule has 0 saturated heterocycles. The van der Waals surface area contributed by atoms with Gasteiger partial charge in [0.1, 0.15) is 5.60 Å². The molecule has 186 valence electrons. The Balaban J connectivity index is 2.06. The molecule has 3 rings (SSSR count). The van der Waals surface area contributed by atoms with Crippen LogP contribution in [-0.4, -0.2) is 34.8 Å². The zero-order chi connectivity index (χ0) is 25.6. The Kier molecular flexibility index (Phi) is 8.10. The summed E-state index contributed by atoms with van der Waals surface area (Å²) in [5, 5.41) is 0. The van der Waals surface area contributed by atoms with Crippen molar-refractivity contribution in [1.82, 2.24) is 9.97 Å². The molecule has 1 heterocycles. The van der Waals surface area contributed by atoms with E-state index in [2.05, 4.69) is 19.4 Å². The lowest BCUT2D eigenvalue weighted by Crippen LogP contribution is -2.24. The average molecular weight is 493 g/mol. The minimum atomic E-state index is -3.27. The van der Waals surface area contributed by atoms with Crippen LogP contribution in [0.5, 0.6) is 11.5 Å². The summed E-state index contributed by atoms with van der Waals surface area (Å²) in [6.07, 6.45) is 4.48. The Hall–Kier alpha value is -3.89. The van der Waals surface area contributed by atoms with Crippen molar-refractivity contribution in [1.29, 1.82) is 0 Å². The minimum absolute atomic E-state index is 0.106. The summed E-state index contributed by atoms with van der Waals surface area (Å²) in [7, 11) is 0. The number of hydrogen-bond acceptors (Lipinski definition) is 7. The second-order valence-electron chi connectivity index (χ2n) is 8.22. The highest BCUT2D eigenvalue weighted by Gasteiger charge is 2.21. The Labute approximate surface area is 199 Å². The molecule has 11 heteroatoms. The first-order chi connectivity index (χ1) is 16.5. The predicted molar refractivity (Wildman–Crippen MR) is 119 cm³/mol. The normalized spacial score (nSPS) is 11.5. The van der Waals surface area contributed by atoms with E-state index in [-0.39, 0.29) is 17.8 Å². The molecule has 2 aromatic carbocycles. The zero-order valence-electron chi connectivity index (χ0n) is 19.1. The number of aromatic nitrogens is 2. The van der Waals surface area contributed by atoms with E-state index in [9.17, 15) is 22.4 Å². The number of halogens is 4. The molecule has 0 unspecified atom stereocenters. The van der Waals surface area contributed by atoms with Gasteiger partial charge in [-0.25, -0.2) is 4.79 Å². The molecule has 35 heavy (non-hydrogen) atoms. The number of carbonyl (C=O) groups excluding carboxylic acids is 1. The van der Waals surface area contributed by atoms with Crippen LogP contribution < -0.4 is 14.4 Å². The third kappa shape index (κ3) is 7.56. The van der Waals surface area contributed by atoms with Crippen LogP contribution in [0.3, 0.4) is 0 Å². The Morgan fingerprint density at radius 2 is 1.63 bits per heavy atom. The van der Waals surface area contributed by atoms with E-state index in [1.807, 2.05) is 0 Å². The molecule has 0 atom stereocenters. The summed E-state index contributed by atoms with van der Waals surface area (Å²) in [6, 6.07) is 10.1. The zero-order valence-corrected chi connectivity index (χ0v) is 19.1. The Morgan fingerprint density at radius 1 is 0.943 bits per heavy atom. The lowest BCUT2D eigenvalue weighted by atomic mass is 10.1. The molecule has 0 aliphatic rings. The number of esters is 1. The van der Waals surface area contributed by atoms with Gasteiger partial charge in [0.2, 0.25) is 0 Å². The molecule has 0 aliphatic heterocycles. The Morgan fingerprint density at radius 3 is 2.26 bits per heavy atom. The summed E-state index contributed by atoms with van der Waals surface area (Å²) in [5.41, 5.74) is 0.815. The number of alkyl halides is 4. The van der Waals surface area contributed by atoms with Crippen molar-refractivity contribution in [2.75, 3.05) is 4.90 Å². The van der Waals surface area contributed by atoms with Gasteiger partial charge < -0.3 is 19.1 Å². The summed E-state index contributed by atoms with van der Waals surface area (Å²) >= 11 is 0. The van der Waals surface area contributed by atoms with Crippen LogP contribution in [0.4, 0.5) is 28.9 Å². The topological polar surface area (TPSA) is 73.8 Å². The first-order valence-corrected chi connectivity index (χ1v) is 10.4. The lowest BCUT2D eigenvalue weighted by molar-refractivity contribution is -0.0692. The number of hydrogen-bond donors (Lipinski definition) is 0. The molecule has 0 radical (unpaired) electrons. The van der Waals surface area contributed by atoms with Gasteiger partial charge in [-0.05, 0) is 51.1 Å². The van der Waals surface area contributed by atoms with E-state index in [0.717, 1.165) is 12.1 Å². The van der Waals surface area contributed by atoms with Gasteiger partial charge in [-0.3, -0.25) is 9.97 Å². The molecule has 0 spiro atoms. The van der Waals surface area contributed by atoms with E-state index in [0.29, 0.717) is 11.4 Å². The summed E-state index contributed by atoms with van der Waals surface area (Å²) < 4.78 is 65.6. The molecule has 0 aliphatic carbocycles. The highest BCUT2D eigenvalue weighted by Crippen LogP contribution is 2.37. The molecule has 0 amide bonds. The average Bonchev–Trinajstić information content (AvgIpc) is 2.78. The van der Waals surface area contributed by atoms with Crippen LogP contribution in [0.1, 0.15) is 36.8 Å².